The second kappa shape index (κ2) is 4.50. The van der Waals surface area contributed by atoms with Crippen LogP contribution in [-0.4, -0.2) is 4.75 Å². The van der Waals surface area contributed by atoms with E-state index < -0.39 is 0 Å². The van der Waals surface area contributed by atoms with E-state index in [0.29, 0.717) is 0 Å². The molecule has 11 heavy (non-hydrogen) atoms. The normalized spacial score (nSPS) is 18.7. The summed E-state index contributed by atoms with van der Waals surface area (Å²) in [6, 6.07) is 0. The van der Waals surface area contributed by atoms with Crippen molar-refractivity contribution in [3.63, 3.8) is 0 Å². The molecule has 1 unspecified atom stereocenters. The summed E-state index contributed by atoms with van der Waals surface area (Å²) in [5.74, 6) is 0. The number of hydrogen-bond donors (Lipinski definition) is 2. The van der Waals surface area contributed by atoms with Crippen LogP contribution in [0, 0.1) is 0 Å². The Kier molecular flexibility index (Phi) is 4.34. The molecule has 64 valence electrons. The fourth-order valence-corrected chi connectivity index (χ4v) is 0.611. The Labute approximate surface area is 74.8 Å². The molecule has 0 saturated carbocycles. The number of hydrogen-bond acceptors (Lipinski definition) is 2. The van der Waals surface area contributed by atoms with E-state index in [0.717, 1.165) is 12.1 Å². The third kappa shape index (κ3) is 6.05. The van der Waals surface area contributed by atoms with Crippen LogP contribution >= 0.6 is 12.6 Å². The molecule has 1 atom stereocenters. The molecule has 0 aliphatic carbocycles. The van der Waals surface area contributed by atoms with Gasteiger partial charge < -0.3 is 5.73 Å². The van der Waals surface area contributed by atoms with Crippen LogP contribution in [0.15, 0.2) is 23.9 Å². The number of rotatable bonds is 3. The van der Waals surface area contributed by atoms with Gasteiger partial charge in [-0.2, -0.15) is 12.6 Å². The Morgan fingerprint density at radius 2 is 2.18 bits per heavy atom. The van der Waals surface area contributed by atoms with Gasteiger partial charge in [0.05, 0.1) is 0 Å². The van der Waals surface area contributed by atoms with Crippen LogP contribution in [0.2, 0.25) is 0 Å². The smallest absolute Gasteiger partial charge is 0.0280 e. The highest BCUT2D eigenvalue weighted by Crippen LogP contribution is 2.19. The lowest BCUT2D eigenvalue weighted by atomic mass is 10.1. The van der Waals surface area contributed by atoms with Crippen LogP contribution < -0.4 is 5.73 Å². The summed E-state index contributed by atoms with van der Waals surface area (Å²) in [6.45, 7) is 6.05. The molecule has 0 aliphatic rings. The van der Waals surface area contributed by atoms with Crippen molar-refractivity contribution >= 4 is 12.6 Å². The average molecular weight is 171 g/mol. The molecule has 0 heterocycles. The summed E-state index contributed by atoms with van der Waals surface area (Å²) in [5, 5.41) is 0. The molecule has 0 bridgehead atoms. The average Bonchev–Trinajstić information content (AvgIpc) is 1.87. The minimum atomic E-state index is -0.00799. The summed E-state index contributed by atoms with van der Waals surface area (Å²) in [6.07, 6.45) is 6.90. The van der Waals surface area contributed by atoms with E-state index >= 15 is 0 Å². The summed E-state index contributed by atoms with van der Waals surface area (Å²) in [7, 11) is 0. The lowest BCUT2D eigenvalue weighted by Gasteiger charge is -2.14. The summed E-state index contributed by atoms with van der Waals surface area (Å²) >= 11 is 4.43. The van der Waals surface area contributed by atoms with Crippen molar-refractivity contribution < 1.29 is 0 Å². The monoisotopic (exact) mass is 171 g/mol. The van der Waals surface area contributed by atoms with Gasteiger partial charge in [-0.1, -0.05) is 19.1 Å². The molecule has 0 aromatic rings. The lowest BCUT2D eigenvalue weighted by Crippen LogP contribution is -2.09. The van der Waals surface area contributed by atoms with Crippen molar-refractivity contribution in [1.29, 1.82) is 0 Å². The maximum Gasteiger partial charge on any atom is 0.0280 e. The van der Waals surface area contributed by atoms with Gasteiger partial charge >= 0.3 is 0 Å². The van der Waals surface area contributed by atoms with Gasteiger partial charge in [-0.05, 0) is 26.3 Å². The molecular weight excluding hydrogens is 154 g/mol. The number of nitrogens with two attached hydrogens (primary N) is 1. The number of thiol groups is 1. The highest BCUT2D eigenvalue weighted by molar-refractivity contribution is 7.82. The van der Waals surface area contributed by atoms with Crippen LogP contribution in [0.25, 0.3) is 0 Å². The third-order valence-electron chi connectivity index (χ3n) is 1.53. The SMILES string of the molecule is CCC(C)(S)/C=C\C=C(/C)N. The Hall–Kier alpha value is -0.370. The van der Waals surface area contributed by atoms with E-state index in [9.17, 15) is 0 Å². The van der Waals surface area contributed by atoms with Crippen LogP contribution in [0.4, 0.5) is 0 Å². The summed E-state index contributed by atoms with van der Waals surface area (Å²) < 4.78 is -0.00799. The van der Waals surface area contributed by atoms with E-state index in [1.54, 1.807) is 0 Å². The first-order valence-electron chi connectivity index (χ1n) is 3.82. The van der Waals surface area contributed by atoms with Crippen LogP contribution in [0.3, 0.4) is 0 Å². The van der Waals surface area contributed by atoms with Gasteiger partial charge in [0.1, 0.15) is 0 Å². The minimum Gasteiger partial charge on any atom is -0.402 e. The molecule has 2 heteroatoms. The Balaban J connectivity index is 4.02. The largest absolute Gasteiger partial charge is 0.402 e. The van der Waals surface area contributed by atoms with Crippen LogP contribution in [0.1, 0.15) is 27.2 Å². The van der Waals surface area contributed by atoms with Gasteiger partial charge in [0, 0.05) is 10.4 Å². The second-order valence-corrected chi connectivity index (χ2v) is 4.00. The van der Waals surface area contributed by atoms with E-state index in [4.69, 9.17) is 5.73 Å². The lowest BCUT2D eigenvalue weighted by molar-refractivity contribution is 0.762. The van der Waals surface area contributed by atoms with Crippen molar-refractivity contribution in [2.45, 2.75) is 31.9 Å². The van der Waals surface area contributed by atoms with Gasteiger partial charge in [-0.25, -0.2) is 0 Å². The molecule has 0 aliphatic heterocycles. The maximum absolute atomic E-state index is 5.45. The first-order valence-corrected chi connectivity index (χ1v) is 4.26. The van der Waals surface area contributed by atoms with Crippen molar-refractivity contribution in [3.05, 3.63) is 23.9 Å². The molecule has 0 amide bonds. The van der Waals surface area contributed by atoms with E-state index in [2.05, 4.69) is 26.5 Å². The fraction of sp³-hybridized carbons (Fsp3) is 0.556. The first kappa shape index (κ1) is 10.6. The highest BCUT2D eigenvalue weighted by Gasteiger charge is 2.09. The zero-order chi connectivity index (χ0) is 8.91. The molecule has 0 spiro atoms. The Bertz CT molecular complexity index is 164. The predicted molar refractivity (Wildman–Crippen MR) is 54.8 cm³/mol. The molecule has 0 radical (unpaired) electrons. The molecule has 2 N–H and O–H groups in total. The third-order valence-corrected chi connectivity index (χ3v) is 2.00. The van der Waals surface area contributed by atoms with Gasteiger partial charge in [-0.3, -0.25) is 0 Å². The maximum atomic E-state index is 5.45. The topological polar surface area (TPSA) is 26.0 Å². The molecule has 1 nitrogen and oxygen atoms in total. The second-order valence-electron chi connectivity index (χ2n) is 2.98. The van der Waals surface area contributed by atoms with Gasteiger partial charge in [0.15, 0.2) is 0 Å². The molecule has 0 rings (SSSR count). The van der Waals surface area contributed by atoms with E-state index in [-0.39, 0.29) is 4.75 Å². The summed E-state index contributed by atoms with van der Waals surface area (Å²) in [5.41, 5.74) is 6.27. The molecule has 0 aromatic heterocycles. The van der Waals surface area contributed by atoms with Crippen molar-refractivity contribution in [2.24, 2.45) is 5.73 Å². The van der Waals surface area contributed by atoms with Crippen LogP contribution in [0.5, 0.6) is 0 Å². The molecule has 0 fully saturated rings. The highest BCUT2D eigenvalue weighted by atomic mass is 32.1. The van der Waals surface area contributed by atoms with Gasteiger partial charge in [0.2, 0.25) is 0 Å². The van der Waals surface area contributed by atoms with Gasteiger partial charge in [0.25, 0.3) is 0 Å². The Morgan fingerprint density at radius 1 is 1.64 bits per heavy atom. The minimum absolute atomic E-state index is 0.00799. The van der Waals surface area contributed by atoms with Crippen molar-refractivity contribution in [3.8, 4) is 0 Å². The quantitative estimate of drug-likeness (QED) is 0.495. The van der Waals surface area contributed by atoms with Crippen LogP contribution in [-0.2, 0) is 0 Å². The zero-order valence-corrected chi connectivity index (χ0v) is 8.36. The predicted octanol–water partition coefficient (Wildman–Crippen LogP) is 2.50. The molecular formula is C9H17NS. The standard InChI is InChI=1S/C9H17NS/c1-4-9(3,11)7-5-6-8(2)10/h5-7,11H,4,10H2,1-3H3/b7-5-,8-6+. The molecule has 0 saturated heterocycles. The fourth-order valence-electron chi connectivity index (χ4n) is 0.525. The van der Waals surface area contributed by atoms with E-state index in [1.165, 1.54) is 0 Å². The first-order chi connectivity index (χ1) is 4.98. The van der Waals surface area contributed by atoms with Crippen molar-refractivity contribution in [1.82, 2.24) is 0 Å². The number of allylic oxidation sites excluding steroid dienone is 3. The van der Waals surface area contributed by atoms with E-state index in [1.807, 2.05) is 25.2 Å². The molecule has 0 aromatic carbocycles. The zero-order valence-electron chi connectivity index (χ0n) is 7.46. The summed E-state index contributed by atoms with van der Waals surface area (Å²) in [4.78, 5) is 0. The Morgan fingerprint density at radius 3 is 2.55 bits per heavy atom. The van der Waals surface area contributed by atoms with Gasteiger partial charge in [-0.15, -0.1) is 0 Å². The van der Waals surface area contributed by atoms with Crippen molar-refractivity contribution in [2.75, 3.05) is 0 Å².